The van der Waals surface area contributed by atoms with Crippen molar-refractivity contribution in [2.45, 2.75) is 20.8 Å². The summed E-state index contributed by atoms with van der Waals surface area (Å²) in [5.41, 5.74) is 4.42. The SMILES string of the molecule is Cc1cccc(C)c1NC(=O)COC(=O)c1cc2c(C)nn(-c3ccccc3)c2s1. The lowest BCUT2D eigenvalue weighted by molar-refractivity contribution is -0.119. The molecule has 4 rings (SSSR count). The topological polar surface area (TPSA) is 73.2 Å². The smallest absolute Gasteiger partial charge is 0.348 e. The van der Waals surface area contributed by atoms with Crippen molar-refractivity contribution in [2.24, 2.45) is 0 Å². The molecule has 30 heavy (non-hydrogen) atoms. The zero-order valence-corrected chi connectivity index (χ0v) is 17.7. The number of anilines is 1. The van der Waals surface area contributed by atoms with Gasteiger partial charge in [0.2, 0.25) is 0 Å². The van der Waals surface area contributed by atoms with Crippen LogP contribution in [0.5, 0.6) is 0 Å². The van der Waals surface area contributed by atoms with Crippen LogP contribution in [0.3, 0.4) is 0 Å². The van der Waals surface area contributed by atoms with Crippen molar-refractivity contribution >= 4 is 39.1 Å². The van der Waals surface area contributed by atoms with Crippen molar-refractivity contribution in [3.8, 4) is 5.69 Å². The largest absolute Gasteiger partial charge is 0.451 e. The average Bonchev–Trinajstić information content (AvgIpc) is 3.30. The predicted molar refractivity (Wildman–Crippen MR) is 119 cm³/mol. The molecule has 152 valence electrons. The van der Waals surface area contributed by atoms with E-state index in [1.165, 1.54) is 11.3 Å². The zero-order chi connectivity index (χ0) is 21.3. The third-order valence-corrected chi connectivity index (χ3v) is 5.92. The summed E-state index contributed by atoms with van der Waals surface area (Å²) in [6.07, 6.45) is 0. The van der Waals surface area contributed by atoms with Crippen LogP contribution in [0, 0.1) is 20.8 Å². The first-order valence-electron chi connectivity index (χ1n) is 9.52. The quantitative estimate of drug-likeness (QED) is 0.471. The fourth-order valence-corrected chi connectivity index (χ4v) is 4.36. The van der Waals surface area contributed by atoms with Crippen LogP contribution >= 0.6 is 11.3 Å². The predicted octanol–water partition coefficient (Wildman–Crippen LogP) is 4.81. The average molecular weight is 420 g/mol. The molecule has 0 radical (unpaired) electrons. The van der Waals surface area contributed by atoms with Gasteiger partial charge in [0.05, 0.1) is 11.4 Å². The number of para-hydroxylation sites is 2. The summed E-state index contributed by atoms with van der Waals surface area (Å²) in [5, 5.41) is 8.29. The summed E-state index contributed by atoms with van der Waals surface area (Å²) in [7, 11) is 0. The van der Waals surface area contributed by atoms with E-state index in [1.54, 1.807) is 6.07 Å². The summed E-state index contributed by atoms with van der Waals surface area (Å²) in [4.78, 5) is 26.1. The van der Waals surface area contributed by atoms with Crippen molar-refractivity contribution < 1.29 is 14.3 Å². The molecule has 2 heterocycles. The number of esters is 1. The van der Waals surface area contributed by atoms with Crippen LogP contribution in [-0.2, 0) is 9.53 Å². The van der Waals surface area contributed by atoms with E-state index in [4.69, 9.17) is 4.74 Å². The number of thiophene rings is 1. The van der Waals surface area contributed by atoms with E-state index >= 15 is 0 Å². The third-order valence-electron chi connectivity index (χ3n) is 4.83. The van der Waals surface area contributed by atoms with Gasteiger partial charge in [-0.05, 0) is 50.1 Å². The van der Waals surface area contributed by atoms with Crippen LogP contribution in [0.2, 0.25) is 0 Å². The molecular weight excluding hydrogens is 398 g/mol. The van der Waals surface area contributed by atoms with Crippen molar-refractivity contribution in [2.75, 3.05) is 11.9 Å². The first-order valence-corrected chi connectivity index (χ1v) is 10.3. The number of aromatic nitrogens is 2. The summed E-state index contributed by atoms with van der Waals surface area (Å²) < 4.78 is 7.08. The first-order chi connectivity index (χ1) is 14.4. The van der Waals surface area contributed by atoms with E-state index in [2.05, 4.69) is 10.4 Å². The number of hydrogen-bond donors (Lipinski definition) is 1. The highest BCUT2D eigenvalue weighted by Gasteiger charge is 2.19. The van der Waals surface area contributed by atoms with Gasteiger partial charge in [0.15, 0.2) is 6.61 Å². The molecule has 1 amide bonds. The van der Waals surface area contributed by atoms with Crippen LogP contribution in [0.1, 0.15) is 26.5 Å². The highest BCUT2D eigenvalue weighted by Crippen LogP contribution is 2.30. The molecule has 0 atom stereocenters. The first kappa shape index (κ1) is 19.8. The van der Waals surface area contributed by atoms with Crippen molar-refractivity contribution in [3.63, 3.8) is 0 Å². The summed E-state index contributed by atoms with van der Waals surface area (Å²) in [5.74, 6) is -0.889. The fraction of sp³-hybridized carbons (Fsp3) is 0.174. The van der Waals surface area contributed by atoms with Crippen LogP contribution in [0.15, 0.2) is 54.6 Å². The molecule has 4 aromatic rings. The molecule has 0 unspecified atom stereocenters. The maximum Gasteiger partial charge on any atom is 0.348 e. The summed E-state index contributed by atoms with van der Waals surface area (Å²) in [6, 6.07) is 17.3. The van der Waals surface area contributed by atoms with Gasteiger partial charge in [-0.15, -0.1) is 11.3 Å². The van der Waals surface area contributed by atoms with Crippen molar-refractivity contribution in [1.82, 2.24) is 9.78 Å². The van der Waals surface area contributed by atoms with Gasteiger partial charge < -0.3 is 10.1 Å². The Morgan fingerprint density at radius 3 is 2.43 bits per heavy atom. The zero-order valence-electron chi connectivity index (χ0n) is 16.9. The molecular formula is C23H21N3O3S. The highest BCUT2D eigenvalue weighted by molar-refractivity contribution is 7.20. The molecule has 0 aliphatic rings. The number of carbonyl (C=O) groups excluding carboxylic acids is 2. The van der Waals surface area contributed by atoms with Gasteiger partial charge in [0.1, 0.15) is 9.71 Å². The minimum Gasteiger partial charge on any atom is -0.451 e. The third kappa shape index (κ3) is 3.84. The number of benzene rings is 2. The summed E-state index contributed by atoms with van der Waals surface area (Å²) >= 11 is 1.30. The number of fused-ring (bicyclic) bond motifs is 1. The monoisotopic (exact) mass is 419 g/mol. The molecule has 2 aromatic carbocycles. The van der Waals surface area contributed by atoms with Crippen molar-refractivity contribution in [1.29, 1.82) is 0 Å². The molecule has 0 aliphatic heterocycles. The lowest BCUT2D eigenvalue weighted by Gasteiger charge is -2.11. The Balaban J connectivity index is 1.48. The van der Waals surface area contributed by atoms with E-state index in [-0.39, 0.29) is 12.5 Å². The number of nitrogens with one attached hydrogen (secondary N) is 1. The molecule has 7 heteroatoms. The molecule has 2 aromatic heterocycles. The van der Waals surface area contributed by atoms with Gasteiger partial charge in [-0.25, -0.2) is 9.48 Å². The number of hydrogen-bond acceptors (Lipinski definition) is 5. The molecule has 0 saturated carbocycles. The maximum absolute atomic E-state index is 12.5. The Morgan fingerprint density at radius 2 is 1.73 bits per heavy atom. The molecule has 6 nitrogen and oxygen atoms in total. The Hall–Kier alpha value is -3.45. The van der Waals surface area contributed by atoms with E-state index in [0.29, 0.717) is 4.88 Å². The number of rotatable bonds is 5. The molecule has 0 saturated heterocycles. The van der Waals surface area contributed by atoms with Gasteiger partial charge >= 0.3 is 5.97 Å². The molecule has 0 spiro atoms. The molecule has 0 bridgehead atoms. The molecule has 1 N–H and O–H groups in total. The Morgan fingerprint density at radius 1 is 1.03 bits per heavy atom. The number of nitrogens with zero attached hydrogens (tertiary/aromatic N) is 2. The van der Waals surface area contributed by atoms with Crippen LogP contribution in [-0.4, -0.2) is 28.3 Å². The number of amides is 1. The fourth-order valence-electron chi connectivity index (χ4n) is 3.28. The number of carbonyl (C=O) groups is 2. The van der Waals surface area contributed by atoms with Gasteiger partial charge in [-0.3, -0.25) is 4.79 Å². The van der Waals surface area contributed by atoms with E-state index < -0.39 is 5.97 Å². The van der Waals surface area contributed by atoms with Crippen LogP contribution in [0.4, 0.5) is 5.69 Å². The number of ether oxygens (including phenoxy) is 1. The lowest BCUT2D eigenvalue weighted by atomic mass is 10.1. The Kier molecular flexibility index (Phi) is 5.37. The van der Waals surface area contributed by atoms with E-state index in [0.717, 1.165) is 38.4 Å². The number of aryl methyl sites for hydroxylation is 3. The van der Waals surface area contributed by atoms with Gasteiger partial charge in [-0.1, -0.05) is 36.4 Å². The van der Waals surface area contributed by atoms with Gasteiger partial charge in [0, 0.05) is 11.1 Å². The van der Waals surface area contributed by atoms with Gasteiger partial charge in [0.25, 0.3) is 5.91 Å². The van der Waals surface area contributed by atoms with Gasteiger partial charge in [-0.2, -0.15) is 5.10 Å². The van der Waals surface area contributed by atoms with Crippen LogP contribution < -0.4 is 5.32 Å². The highest BCUT2D eigenvalue weighted by atomic mass is 32.1. The summed E-state index contributed by atoms with van der Waals surface area (Å²) in [6.45, 7) is 5.40. The normalized spacial score (nSPS) is 10.9. The second-order valence-corrected chi connectivity index (χ2v) is 8.08. The second-order valence-electron chi connectivity index (χ2n) is 7.05. The molecule has 0 fully saturated rings. The Bertz CT molecular complexity index is 1220. The molecule has 0 aliphatic carbocycles. The second kappa shape index (κ2) is 8.12. The van der Waals surface area contributed by atoms with E-state index in [1.807, 2.05) is 74.0 Å². The minimum atomic E-state index is -0.521. The lowest BCUT2D eigenvalue weighted by Crippen LogP contribution is -2.21. The minimum absolute atomic E-state index is 0.343. The van der Waals surface area contributed by atoms with Crippen LogP contribution in [0.25, 0.3) is 15.9 Å². The Labute approximate surface area is 178 Å². The maximum atomic E-state index is 12.5. The van der Waals surface area contributed by atoms with E-state index in [9.17, 15) is 9.59 Å². The standard InChI is InChI=1S/C23H21N3O3S/c1-14-8-7-9-15(2)21(14)24-20(27)13-29-23(28)19-12-18-16(3)25-26(22(18)30-19)17-10-5-4-6-11-17/h4-12H,13H2,1-3H3,(H,24,27). The van der Waals surface area contributed by atoms with Crippen molar-refractivity contribution in [3.05, 3.63) is 76.3 Å².